The Balaban J connectivity index is 2.22. The highest BCUT2D eigenvalue weighted by Gasteiger charge is 2.19. The van der Waals surface area contributed by atoms with E-state index in [-0.39, 0.29) is 4.90 Å². The Morgan fingerprint density at radius 2 is 1.76 bits per heavy atom. The van der Waals surface area contributed by atoms with E-state index in [9.17, 15) is 12.8 Å². The number of halogens is 2. The zero-order valence-corrected chi connectivity index (χ0v) is 13.8. The monoisotopic (exact) mass is 371 g/mol. The minimum atomic E-state index is -3.68. The van der Waals surface area contributed by atoms with Crippen LogP contribution in [0, 0.1) is 5.82 Å². The summed E-state index contributed by atoms with van der Waals surface area (Å²) in [4.78, 5) is 0.162. The summed E-state index contributed by atoms with van der Waals surface area (Å²) >= 11 is 3.30. The highest BCUT2D eigenvalue weighted by molar-refractivity contribution is 9.08. The molecule has 0 aliphatic rings. The lowest BCUT2D eigenvalue weighted by molar-refractivity contribution is 0.550. The molecule has 0 aliphatic heterocycles. The van der Waals surface area contributed by atoms with Gasteiger partial charge in [0.2, 0.25) is 10.0 Å². The van der Waals surface area contributed by atoms with Gasteiger partial charge < -0.3 is 0 Å². The second-order valence-corrected chi connectivity index (χ2v) is 6.92. The smallest absolute Gasteiger partial charge is 0.207 e. The van der Waals surface area contributed by atoms with E-state index >= 15 is 0 Å². The largest absolute Gasteiger partial charge is 0.241 e. The Bertz CT molecular complexity index is 717. The SMILES string of the molecule is C[C@@H](NS(=O)(=O)c1ccc(CBr)cc1)c1ccccc1F. The lowest BCUT2D eigenvalue weighted by Gasteiger charge is -2.15. The van der Waals surface area contributed by atoms with Gasteiger partial charge in [0.1, 0.15) is 5.82 Å². The molecular formula is C15H15BrFNO2S. The third-order valence-corrected chi connectivity index (χ3v) is 5.30. The predicted octanol–water partition coefficient (Wildman–Crippen LogP) is 3.76. The van der Waals surface area contributed by atoms with Crippen LogP contribution < -0.4 is 4.72 Å². The summed E-state index contributed by atoms with van der Waals surface area (Å²) in [6, 6.07) is 12.0. The van der Waals surface area contributed by atoms with E-state index in [0.29, 0.717) is 10.9 Å². The lowest BCUT2D eigenvalue weighted by Crippen LogP contribution is -2.27. The van der Waals surface area contributed by atoms with Crippen LogP contribution >= 0.6 is 15.9 Å². The molecular weight excluding hydrogens is 357 g/mol. The van der Waals surface area contributed by atoms with Gasteiger partial charge >= 0.3 is 0 Å². The molecule has 1 N–H and O–H groups in total. The third kappa shape index (κ3) is 3.90. The number of benzene rings is 2. The fraction of sp³-hybridized carbons (Fsp3) is 0.200. The average Bonchev–Trinajstić information content (AvgIpc) is 2.47. The van der Waals surface area contributed by atoms with Gasteiger partial charge in [-0.3, -0.25) is 0 Å². The Labute approximate surface area is 132 Å². The summed E-state index contributed by atoms with van der Waals surface area (Å²) in [5, 5.41) is 0.659. The zero-order valence-electron chi connectivity index (χ0n) is 11.4. The minimum Gasteiger partial charge on any atom is -0.207 e. The molecule has 0 amide bonds. The van der Waals surface area contributed by atoms with Crippen molar-refractivity contribution in [1.82, 2.24) is 4.72 Å². The first kappa shape index (κ1) is 16.1. The minimum absolute atomic E-state index is 0.162. The van der Waals surface area contributed by atoms with Crippen LogP contribution in [0.15, 0.2) is 53.4 Å². The molecule has 0 spiro atoms. The van der Waals surface area contributed by atoms with Crippen molar-refractivity contribution in [2.75, 3.05) is 0 Å². The van der Waals surface area contributed by atoms with Crippen molar-refractivity contribution >= 4 is 26.0 Å². The van der Waals surface area contributed by atoms with Crippen molar-refractivity contribution in [1.29, 1.82) is 0 Å². The molecule has 112 valence electrons. The van der Waals surface area contributed by atoms with Gasteiger partial charge in [0.25, 0.3) is 0 Å². The quantitative estimate of drug-likeness (QED) is 0.813. The molecule has 0 heterocycles. The number of alkyl halides is 1. The molecule has 21 heavy (non-hydrogen) atoms. The molecule has 0 fully saturated rings. The van der Waals surface area contributed by atoms with Crippen molar-refractivity contribution < 1.29 is 12.8 Å². The van der Waals surface area contributed by atoms with Gasteiger partial charge in [-0.15, -0.1) is 0 Å². The van der Waals surface area contributed by atoms with Crippen molar-refractivity contribution in [2.45, 2.75) is 23.2 Å². The molecule has 0 saturated carbocycles. The number of nitrogens with one attached hydrogen (secondary N) is 1. The summed E-state index contributed by atoms with van der Waals surface area (Å²) in [6.45, 7) is 1.61. The Kier molecular flexibility index (Phi) is 5.13. The van der Waals surface area contributed by atoms with Gasteiger partial charge in [-0.1, -0.05) is 46.3 Å². The van der Waals surface area contributed by atoms with E-state index in [2.05, 4.69) is 20.7 Å². The van der Waals surface area contributed by atoms with Crippen LogP contribution in [-0.4, -0.2) is 8.42 Å². The maximum atomic E-state index is 13.7. The van der Waals surface area contributed by atoms with Crippen LogP contribution in [0.1, 0.15) is 24.1 Å². The van der Waals surface area contributed by atoms with E-state index < -0.39 is 21.9 Å². The van der Waals surface area contributed by atoms with Crippen molar-refractivity contribution in [3.8, 4) is 0 Å². The lowest BCUT2D eigenvalue weighted by atomic mass is 10.1. The van der Waals surface area contributed by atoms with Gasteiger partial charge in [0.15, 0.2) is 0 Å². The molecule has 2 rings (SSSR count). The summed E-state index contributed by atoms with van der Waals surface area (Å²) in [6.07, 6.45) is 0. The molecule has 0 radical (unpaired) electrons. The predicted molar refractivity (Wildman–Crippen MR) is 84.2 cm³/mol. The maximum absolute atomic E-state index is 13.7. The molecule has 0 saturated heterocycles. The second kappa shape index (κ2) is 6.68. The van der Waals surface area contributed by atoms with E-state index in [4.69, 9.17) is 0 Å². The molecule has 3 nitrogen and oxygen atoms in total. The topological polar surface area (TPSA) is 46.2 Å². The maximum Gasteiger partial charge on any atom is 0.241 e. The van der Waals surface area contributed by atoms with Crippen LogP contribution in [0.2, 0.25) is 0 Å². The van der Waals surface area contributed by atoms with Gasteiger partial charge in [0, 0.05) is 16.9 Å². The van der Waals surface area contributed by atoms with Crippen molar-refractivity contribution in [2.24, 2.45) is 0 Å². The third-order valence-electron chi connectivity index (χ3n) is 3.09. The normalized spacial score (nSPS) is 13.1. The molecule has 0 bridgehead atoms. The van der Waals surface area contributed by atoms with Crippen molar-refractivity contribution in [3.05, 3.63) is 65.5 Å². The molecule has 0 aromatic heterocycles. The first-order valence-corrected chi connectivity index (χ1v) is 8.96. The van der Waals surface area contributed by atoms with E-state index in [1.165, 1.54) is 18.2 Å². The summed E-state index contributed by atoms with van der Waals surface area (Å²) < 4.78 is 40.7. The Hall–Kier alpha value is -1.24. The van der Waals surface area contributed by atoms with E-state index in [1.807, 2.05) is 0 Å². The first-order valence-electron chi connectivity index (χ1n) is 6.35. The molecule has 0 unspecified atom stereocenters. The summed E-state index contributed by atoms with van der Waals surface area (Å²) in [5.41, 5.74) is 1.30. The van der Waals surface area contributed by atoms with Crippen molar-refractivity contribution in [3.63, 3.8) is 0 Å². The number of rotatable bonds is 5. The van der Waals surface area contributed by atoms with Crippen LogP contribution in [0.5, 0.6) is 0 Å². The number of sulfonamides is 1. The van der Waals surface area contributed by atoms with Gasteiger partial charge in [-0.05, 0) is 30.7 Å². The molecule has 2 aromatic carbocycles. The second-order valence-electron chi connectivity index (χ2n) is 4.64. The molecule has 1 atom stereocenters. The standard InChI is InChI=1S/C15H15BrFNO2S/c1-11(14-4-2-3-5-15(14)17)18-21(19,20)13-8-6-12(10-16)7-9-13/h2-9,11,18H,10H2,1H3/t11-/m1/s1. The average molecular weight is 372 g/mol. The van der Waals surface area contributed by atoms with E-state index in [0.717, 1.165) is 5.56 Å². The molecule has 0 aliphatic carbocycles. The Morgan fingerprint density at radius 1 is 1.14 bits per heavy atom. The first-order chi connectivity index (χ1) is 9.94. The molecule has 2 aromatic rings. The van der Waals surface area contributed by atoms with Crippen LogP contribution in [0.25, 0.3) is 0 Å². The molecule has 6 heteroatoms. The highest BCUT2D eigenvalue weighted by Crippen LogP contribution is 2.20. The van der Waals surface area contributed by atoms with Crippen LogP contribution in [0.3, 0.4) is 0 Å². The van der Waals surface area contributed by atoms with Gasteiger partial charge in [-0.2, -0.15) is 0 Å². The van der Waals surface area contributed by atoms with E-state index in [1.54, 1.807) is 37.3 Å². The van der Waals surface area contributed by atoms with Gasteiger partial charge in [0.05, 0.1) is 4.90 Å². The van der Waals surface area contributed by atoms with Gasteiger partial charge in [-0.25, -0.2) is 17.5 Å². The Morgan fingerprint density at radius 3 is 2.33 bits per heavy atom. The number of hydrogen-bond acceptors (Lipinski definition) is 2. The fourth-order valence-corrected chi connectivity index (χ4v) is 3.54. The number of hydrogen-bond donors (Lipinski definition) is 1. The fourth-order valence-electron chi connectivity index (χ4n) is 1.95. The summed E-state index contributed by atoms with van der Waals surface area (Å²) in [5.74, 6) is -0.428. The highest BCUT2D eigenvalue weighted by atomic mass is 79.9. The van der Waals surface area contributed by atoms with Crippen LogP contribution in [-0.2, 0) is 15.4 Å². The van der Waals surface area contributed by atoms with Crippen LogP contribution in [0.4, 0.5) is 4.39 Å². The zero-order chi connectivity index (χ0) is 15.5. The summed E-state index contributed by atoms with van der Waals surface area (Å²) in [7, 11) is -3.68.